The van der Waals surface area contributed by atoms with E-state index in [1.165, 1.54) is 15.5 Å². The molecule has 0 atom stereocenters. The second-order valence-electron chi connectivity index (χ2n) is 10.5. The Bertz CT molecular complexity index is 1350. The number of carboxylic acids is 1. The Morgan fingerprint density at radius 3 is 2.27 bits per heavy atom. The van der Waals surface area contributed by atoms with Crippen LogP contribution in [0.3, 0.4) is 0 Å². The number of hydrogen-bond donors (Lipinski definition) is 3. The molecule has 1 aliphatic rings. The van der Waals surface area contributed by atoms with E-state index < -0.39 is 41.2 Å². The van der Waals surface area contributed by atoms with Gasteiger partial charge in [0, 0.05) is 37.6 Å². The maximum atomic E-state index is 14.4. The first kappa shape index (κ1) is 31.6. The minimum Gasteiger partial charge on any atom is -0.481 e. The molecule has 0 bridgehead atoms. The highest BCUT2D eigenvalue weighted by Gasteiger charge is 2.41. The van der Waals surface area contributed by atoms with Crippen molar-refractivity contribution in [2.24, 2.45) is 16.6 Å². The van der Waals surface area contributed by atoms with Crippen LogP contribution in [0, 0.1) is 25.2 Å². The molecule has 0 spiro atoms. The first-order valence-electron chi connectivity index (χ1n) is 13.7. The fraction of sp³-hybridized carbons (Fsp3) is 0.467. The van der Waals surface area contributed by atoms with Crippen LogP contribution < -0.4 is 11.3 Å². The predicted octanol–water partition coefficient (Wildman–Crippen LogP) is 5.00. The molecule has 0 saturated heterocycles. The molecule has 1 aromatic heterocycles. The fourth-order valence-corrected chi connectivity index (χ4v) is 5.14. The standard InChI is InChI=1S/C30H38F3N5O3/c1-4-21-5-7-22(8-6-21)18-37(13-14-38-20(3)15-19(2)16-26(38)39)28(35)25(17-34)27(30(31,32)33)36-24-11-9-23(10-12-24)29(40)41/h5-8,15-17,23-24,35H,4,9-14,18,34H2,1-3H3,(H,40,41). The lowest BCUT2D eigenvalue weighted by Gasteiger charge is -2.29. The number of benzene rings is 1. The Labute approximate surface area is 237 Å². The third-order valence-electron chi connectivity index (χ3n) is 7.50. The number of aliphatic carboxylic acids is 1. The monoisotopic (exact) mass is 573 g/mol. The van der Waals surface area contributed by atoms with Crippen LogP contribution in [0.2, 0.25) is 0 Å². The van der Waals surface area contributed by atoms with Crippen molar-refractivity contribution in [3.8, 4) is 0 Å². The van der Waals surface area contributed by atoms with E-state index in [-0.39, 0.29) is 50.9 Å². The number of halogens is 3. The molecule has 1 aliphatic carbocycles. The van der Waals surface area contributed by atoms with Crippen LogP contribution in [0.15, 0.2) is 58.0 Å². The van der Waals surface area contributed by atoms with E-state index in [1.807, 2.05) is 44.2 Å². The van der Waals surface area contributed by atoms with Crippen molar-refractivity contribution in [1.29, 1.82) is 5.41 Å². The molecule has 11 heteroatoms. The van der Waals surface area contributed by atoms with Gasteiger partial charge in [-0.2, -0.15) is 13.2 Å². The Hall–Kier alpha value is -3.89. The van der Waals surface area contributed by atoms with E-state index in [0.717, 1.165) is 29.3 Å². The quantitative estimate of drug-likeness (QED) is 0.273. The number of rotatable bonds is 10. The SMILES string of the molecule is CCc1ccc(CN(CCn2c(C)cc(C)cc2=O)C(=N)C(=CN)C(=NC2CCC(C(=O)O)CC2)C(F)(F)F)cc1. The highest BCUT2D eigenvalue weighted by Crippen LogP contribution is 2.30. The molecule has 0 unspecified atom stereocenters. The number of amidine groups is 1. The molecule has 1 aromatic carbocycles. The molecule has 0 amide bonds. The number of nitrogens with two attached hydrogens (primary N) is 1. The first-order valence-corrected chi connectivity index (χ1v) is 13.7. The summed E-state index contributed by atoms with van der Waals surface area (Å²) >= 11 is 0. The van der Waals surface area contributed by atoms with Crippen LogP contribution in [-0.4, -0.2) is 50.9 Å². The van der Waals surface area contributed by atoms with E-state index in [0.29, 0.717) is 5.69 Å². The van der Waals surface area contributed by atoms with Crippen molar-refractivity contribution < 1.29 is 23.1 Å². The summed E-state index contributed by atoms with van der Waals surface area (Å²) in [5.74, 6) is -2.01. The summed E-state index contributed by atoms with van der Waals surface area (Å²) in [4.78, 5) is 29.4. The number of carbonyl (C=O) groups is 1. The van der Waals surface area contributed by atoms with Crippen molar-refractivity contribution in [2.45, 2.75) is 78.2 Å². The van der Waals surface area contributed by atoms with Gasteiger partial charge in [-0.05, 0) is 68.7 Å². The van der Waals surface area contributed by atoms with E-state index >= 15 is 0 Å². The molecule has 41 heavy (non-hydrogen) atoms. The van der Waals surface area contributed by atoms with Crippen LogP contribution >= 0.6 is 0 Å². The summed E-state index contributed by atoms with van der Waals surface area (Å²) in [6.07, 6.45) is -2.43. The number of alkyl halides is 3. The number of aliphatic imine (C=N–C) groups is 1. The van der Waals surface area contributed by atoms with Crippen molar-refractivity contribution in [1.82, 2.24) is 9.47 Å². The van der Waals surface area contributed by atoms with E-state index in [9.17, 15) is 27.9 Å². The number of pyridine rings is 1. The van der Waals surface area contributed by atoms with Gasteiger partial charge in [-0.15, -0.1) is 0 Å². The third kappa shape index (κ3) is 8.31. The maximum absolute atomic E-state index is 14.4. The summed E-state index contributed by atoms with van der Waals surface area (Å²) < 4.78 is 44.6. The van der Waals surface area contributed by atoms with Crippen molar-refractivity contribution in [3.63, 3.8) is 0 Å². The summed E-state index contributed by atoms with van der Waals surface area (Å²) in [6, 6.07) is 10.2. The fourth-order valence-electron chi connectivity index (χ4n) is 5.14. The normalized spacial score (nSPS) is 18.3. The maximum Gasteiger partial charge on any atom is 0.433 e. The molecule has 8 nitrogen and oxygen atoms in total. The van der Waals surface area contributed by atoms with Crippen LogP contribution in [0.1, 0.15) is 55.0 Å². The summed E-state index contributed by atoms with van der Waals surface area (Å²) in [6.45, 7) is 5.95. The second kappa shape index (κ2) is 13.6. The van der Waals surface area contributed by atoms with Crippen LogP contribution in [0.4, 0.5) is 13.2 Å². The van der Waals surface area contributed by atoms with Gasteiger partial charge < -0.3 is 20.3 Å². The number of hydrogen-bond acceptors (Lipinski definition) is 5. The molecule has 4 N–H and O–H groups in total. The highest BCUT2D eigenvalue weighted by atomic mass is 19.4. The summed E-state index contributed by atoms with van der Waals surface area (Å²) in [5, 5.41) is 18.1. The minimum absolute atomic E-state index is 0.0738. The van der Waals surface area contributed by atoms with Gasteiger partial charge in [0.15, 0.2) is 5.71 Å². The molecular weight excluding hydrogens is 535 g/mol. The van der Waals surface area contributed by atoms with Gasteiger partial charge in [-0.25, -0.2) is 0 Å². The zero-order chi connectivity index (χ0) is 30.3. The average molecular weight is 574 g/mol. The van der Waals surface area contributed by atoms with Gasteiger partial charge >= 0.3 is 12.1 Å². The van der Waals surface area contributed by atoms with Gasteiger partial charge in [0.2, 0.25) is 0 Å². The Balaban J connectivity index is 1.94. The van der Waals surface area contributed by atoms with Crippen LogP contribution in [0.5, 0.6) is 0 Å². The zero-order valence-electron chi connectivity index (χ0n) is 23.7. The Kier molecular flexibility index (Phi) is 10.5. The van der Waals surface area contributed by atoms with E-state index in [4.69, 9.17) is 11.1 Å². The molecule has 1 saturated carbocycles. The summed E-state index contributed by atoms with van der Waals surface area (Å²) in [7, 11) is 0. The summed E-state index contributed by atoms with van der Waals surface area (Å²) in [5.41, 5.74) is 7.09. The number of aromatic nitrogens is 1. The molecule has 0 radical (unpaired) electrons. The zero-order valence-corrected chi connectivity index (χ0v) is 23.7. The minimum atomic E-state index is -4.89. The Morgan fingerprint density at radius 1 is 1.15 bits per heavy atom. The van der Waals surface area contributed by atoms with E-state index in [2.05, 4.69) is 4.99 Å². The number of nitrogens with one attached hydrogen (secondary N) is 1. The molecule has 3 rings (SSSR count). The molecule has 222 valence electrons. The topological polar surface area (TPSA) is 125 Å². The smallest absolute Gasteiger partial charge is 0.433 e. The van der Waals surface area contributed by atoms with Gasteiger partial charge in [0.1, 0.15) is 5.84 Å². The number of aryl methyl sites for hydroxylation is 3. The lowest BCUT2D eigenvalue weighted by atomic mass is 9.86. The average Bonchev–Trinajstić information content (AvgIpc) is 2.91. The van der Waals surface area contributed by atoms with Gasteiger partial charge in [0.25, 0.3) is 5.56 Å². The first-order chi connectivity index (χ1) is 19.3. The van der Waals surface area contributed by atoms with Crippen molar-refractivity contribution in [3.05, 3.63) is 80.9 Å². The highest BCUT2D eigenvalue weighted by molar-refractivity contribution is 6.24. The predicted molar refractivity (Wildman–Crippen MR) is 153 cm³/mol. The van der Waals surface area contributed by atoms with Gasteiger partial charge in [-0.1, -0.05) is 31.2 Å². The molecule has 1 heterocycles. The van der Waals surface area contributed by atoms with Crippen LogP contribution in [0.25, 0.3) is 0 Å². The molecule has 1 fully saturated rings. The van der Waals surface area contributed by atoms with Crippen molar-refractivity contribution in [2.75, 3.05) is 6.54 Å². The van der Waals surface area contributed by atoms with E-state index in [1.54, 1.807) is 6.92 Å². The molecule has 0 aliphatic heterocycles. The molecular formula is C30H38F3N5O3. The third-order valence-corrected chi connectivity index (χ3v) is 7.50. The molecule has 2 aromatic rings. The van der Waals surface area contributed by atoms with Gasteiger partial charge in [-0.3, -0.25) is 20.0 Å². The lowest BCUT2D eigenvalue weighted by Crippen LogP contribution is -2.41. The number of carboxylic acid groups (broad SMARTS) is 1. The largest absolute Gasteiger partial charge is 0.481 e. The lowest BCUT2D eigenvalue weighted by molar-refractivity contribution is -0.142. The van der Waals surface area contributed by atoms with Crippen LogP contribution in [-0.2, 0) is 24.3 Å². The van der Waals surface area contributed by atoms with Crippen molar-refractivity contribution >= 4 is 17.5 Å². The Morgan fingerprint density at radius 2 is 1.76 bits per heavy atom. The second-order valence-corrected chi connectivity index (χ2v) is 10.5. The van der Waals surface area contributed by atoms with Gasteiger partial charge in [0.05, 0.1) is 17.5 Å². The number of nitrogens with zero attached hydrogens (tertiary/aromatic N) is 3.